The lowest BCUT2D eigenvalue weighted by molar-refractivity contribution is 0.102. The highest BCUT2D eigenvalue weighted by molar-refractivity contribution is 6.05. The Kier molecular flexibility index (Phi) is 3.77. The van der Waals surface area contributed by atoms with E-state index >= 15 is 0 Å². The van der Waals surface area contributed by atoms with Gasteiger partial charge in [0.1, 0.15) is 0 Å². The maximum atomic E-state index is 12.3. The number of carbonyl (C=O) groups excluding carboxylic acids is 1. The monoisotopic (exact) mass is 305 g/mol. The number of nitrogens with one attached hydrogen (secondary N) is 1. The van der Waals surface area contributed by atoms with Crippen molar-refractivity contribution in [2.75, 3.05) is 5.32 Å². The molecule has 0 spiro atoms. The average molecular weight is 305 g/mol. The van der Waals surface area contributed by atoms with Crippen molar-refractivity contribution in [2.45, 2.75) is 19.9 Å². The van der Waals surface area contributed by atoms with E-state index in [2.05, 4.69) is 15.4 Å². The van der Waals surface area contributed by atoms with Gasteiger partial charge in [-0.1, -0.05) is 6.07 Å². The molecule has 114 valence electrons. The van der Waals surface area contributed by atoms with E-state index in [0.29, 0.717) is 16.8 Å². The first-order chi connectivity index (χ1) is 11.1. The Morgan fingerprint density at radius 3 is 2.87 bits per heavy atom. The molecule has 0 atom stereocenters. The van der Waals surface area contributed by atoms with Gasteiger partial charge in [-0.25, -0.2) is 9.67 Å². The van der Waals surface area contributed by atoms with Crippen LogP contribution in [0.1, 0.15) is 35.8 Å². The molecule has 23 heavy (non-hydrogen) atoms. The van der Waals surface area contributed by atoms with Crippen molar-refractivity contribution in [3.63, 3.8) is 0 Å². The molecule has 1 N–H and O–H groups in total. The zero-order chi connectivity index (χ0) is 16.4. The first-order valence-corrected chi connectivity index (χ1v) is 7.23. The number of anilines is 1. The summed E-state index contributed by atoms with van der Waals surface area (Å²) in [6, 6.07) is 10.6. The minimum absolute atomic E-state index is 0.217. The third-order valence-corrected chi connectivity index (χ3v) is 3.43. The minimum atomic E-state index is -0.278. The lowest BCUT2D eigenvalue weighted by Crippen LogP contribution is -2.12. The summed E-state index contributed by atoms with van der Waals surface area (Å²) in [5.74, 6) is -0.278. The summed E-state index contributed by atoms with van der Waals surface area (Å²) in [6.45, 7) is 4.07. The predicted octanol–water partition coefficient (Wildman–Crippen LogP) is 3.14. The van der Waals surface area contributed by atoms with Crippen LogP contribution in [0.15, 0.2) is 42.7 Å². The number of benzene rings is 1. The highest BCUT2D eigenvalue weighted by Crippen LogP contribution is 2.19. The number of nitriles is 1. The number of hydrogen-bond acceptors (Lipinski definition) is 4. The number of carbonyl (C=O) groups is 1. The fourth-order valence-corrected chi connectivity index (χ4v) is 2.32. The Labute approximate surface area is 133 Å². The molecule has 0 fully saturated rings. The molecule has 6 heteroatoms. The van der Waals surface area contributed by atoms with E-state index in [4.69, 9.17) is 5.26 Å². The molecule has 6 nitrogen and oxygen atoms in total. The molecule has 0 aliphatic carbocycles. The number of hydrogen-bond donors (Lipinski definition) is 1. The molecule has 0 saturated heterocycles. The van der Waals surface area contributed by atoms with Crippen LogP contribution >= 0.6 is 0 Å². The van der Waals surface area contributed by atoms with Crippen LogP contribution in [0.4, 0.5) is 5.69 Å². The number of fused-ring (bicyclic) bond motifs is 1. The van der Waals surface area contributed by atoms with Crippen molar-refractivity contribution >= 4 is 22.6 Å². The van der Waals surface area contributed by atoms with E-state index in [-0.39, 0.29) is 11.9 Å². The minimum Gasteiger partial charge on any atom is -0.321 e. The molecule has 1 amide bonds. The van der Waals surface area contributed by atoms with Gasteiger partial charge in [0.25, 0.3) is 5.91 Å². The van der Waals surface area contributed by atoms with E-state index in [0.717, 1.165) is 11.0 Å². The van der Waals surface area contributed by atoms with Gasteiger partial charge < -0.3 is 5.32 Å². The van der Waals surface area contributed by atoms with Crippen LogP contribution in [0.25, 0.3) is 11.0 Å². The van der Waals surface area contributed by atoms with Gasteiger partial charge in [-0.2, -0.15) is 10.4 Å². The van der Waals surface area contributed by atoms with E-state index in [9.17, 15) is 4.79 Å². The predicted molar refractivity (Wildman–Crippen MR) is 87.0 cm³/mol. The van der Waals surface area contributed by atoms with Gasteiger partial charge in [0, 0.05) is 17.0 Å². The number of pyridine rings is 1. The molecule has 0 unspecified atom stereocenters. The molecule has 1 aromatic carbocycles. The fraction of sp³-hybridized carbons (Fsp3) is 0.176. The molecular weight excluding hydrogens is 290 g/mol. The Morgan fingerprint density at radius 1 is 1.30 bits per heavy atom. The normalized spacial score (nSPS) is 10.7. The second kappa shape index (κ2) is 5.89. The Morgan fingerprint density at radius 2 is 2.13 bits per heavy atom. The highest BCUT2D eigenvalue weighted by atomic mass is 16.1. The third-order valence-electron chi connectivity index (χ3n) is 3.43. The van der Waals surface area contributed by atoms with Crippen LogP contribution in [0.5, 0.6) is 0 Å². The van der Waals surface area contributed by atoms with Crippen LogP contribution in [0.3, 0.4) is 0 Å². The molecule has 2 aromatic heterocycles. The molecule has 3 rings (SSSR count). The van der Waals surface area contributed by atoms with Gasteiger partial charge in [0.05, 0.1) is 29.7 Å². The maximum Gasteiger partial charge on any atom is 0.255 e. The summed E-state index contributed by atoms with van der Waals surface area (Å²) in [5.41, 5.74) is 2.25. The summed E-state index contributed by atoms with van der Waals surface area (Å²) in [6.07, 6.45) is 3.34. The van der Waals surface area contributed by atoms with Crippen molar-refractivity contribution in [3.8, 4) is 6.07 Å². The Bertz CT molecular complexity index is 920. The second-order valence-electron chi connectivity index (χ2n) is 5.47. The van der Waals surface area contributed by atoms with Crippen molar-refractivity contribution in [1.82, 2.24) is 14.8 Å². The summed E-state index contributed by atoms with van der Waals surface area (Å²) in [4.78, 5) is 16.6. The zero-order valence-electron chi connectivity index (χ0n) is 12.8. The number of rotatable bonds is 3. The molecule has 0 radical (unpaired) electrons. The van der Waals surface area contributed by atoms with Crippen LogP contribution in [0, 0.1) is 11.3 Å². The quantitative estimate of drug-likeness (QED) is 0.805. The molecule has 3 aromatic rings. The lowest BCUT2D eigenvalue weighted by Gasteiger charge is -2.08. The highest BCUT2D eigenvalue weighted by Gasteiger charge is 2.10. The third kappa shape index (κ3) is 2.90. The molecule has 0 saturated carbocycles. The zero-order valence-corrected chi connectivity index (χ0v) is 12.8. The summed E-state index contributed by atoms with van der Waals surface area (Å²) in [7, 11) is 0. The van der Waals surface area contributed by atoms with Crippen LogP contribution in [0.2, 0.25) is 0 Å². The van der Waals surface area contributed by atoms with Crippen molar-refractivity contribution in [1.29, 1.82) is 5.26 Å². The summed E-state index contributed by atoms with van der Waals surface area (Å²) >= 11 is 0. The number of aromatic nitrogens is 3. The van der Waals surface area contributed by atoms with Crippen molar-refractivity contribution in [3.05, 3.63) is 53.9 Å². The topological polar surface area (TPSA) is 83.6 Å². The smallest absolute Gasteiger partial charge is 0.255 e. The van der Waals surface area contributed by atoms with Gasteiger partial charge in [0.15, 0.2) is 5.65 Å². The van der Waals surface area contributed by atoms with Gasteiger partial charge in [-0.15, -0.1) is 0 Å². The SMILES string of the molecule is CC(C)n1ncc2cc(NC(=O)c3cccc(C#N)c3)cnc21. The maximum absolute atomic E-state index is 12.3. The van der Waals surface area contributed by atoms with E-state index in [1.165, 1.54) is 0 Å². The van der Waals surface area contributed by atoms with Gasteiger partial charge in [-0.3, -0.25) is 4.79 Å². The Balaban J connectivity index is 1.86. The molecular formula is C17H15N5O. The van der Waals surface area contributed by atoms with Crippen LogP contribution in [-0.4, -0.2) is 20.7 Å². The van der Waals surface area contributed by atoms with E-state index in [1.807, 2.05) is 30.7 Å². The average Bonchev–Trinajstić information content (AvgIpc) is 2.98. The van der Waals surface area contributed by atoms with Crippen molar-refractivity contribution < 1.29 is 4.79 Å². The first-order valence-electron chi connectivity index (χ1n) is 7.23. The summed E-state index contributed by atoms with van der Waals surface area (Å²) < 4.78 is 1.83. The Hall–Kier alpha value is -3.20. The largest absolute Gasteiger partial charge is 0.321 e. The molecule has 0 aliphatic heterocycles. The fourth-order valence-electron chi connectivity index (χ4n) is 2.32. The van der Waals surface area contributed by atoms with Crippen LogP contribution < -0.4 is 5.32 Å². The van der Waals surface area contributed by atoms with Gasteiger partial charge in [-0.05, 0) is 38.1 Å². The van der Waals surface area contributed by atoms with Gasteiger partial charge in [0.2, 0.25) is 0 Å². The number of nitrogens with zero attached hydrogens (tertiary/aromatic N) is 4. The lowest BCUT2D eigenvalue weighted by atomic mass is 10.1. The van der Waals surface area contributed by atoms with Crippen LogP contribution in [-0.2, 0) is 0 Å². The van der Waals surface area contributed by atoms with E-state index in [1.54, 1.807) is 36.7 Å². The summed E-state index contributed by atoms with van der Waals surface area (Å²) in [5, 5.41) is 16.9. The van der Waals surface area contributed by atoms with Gasteiger partial charge >= 0.3 is 0 Å². The molecule has 2 heterocycles. The molecule has 0 bridgehead atoms. The van der Waals surface area contributed by atoms with Crippen molar-refractivity contribution in [2.24, 2.45) is 0 Å². The number of amides is 1. The first kappa shape index (κ1) is 14.7. The standard InChI is InChI=1S/C17H15N5O/c1-11(2)22-16-14(9-20-22)7-15(10-19-16)21-17(23)13-5-3-4-12(6-13)8-18/h3-7,9-11H,1-2H3,(H,21,23). The van der Waals surface area contributed by atoms with E-state index < -0.39 is 0 Å². The second-order valence-corrected chi connectivity index (χ2v) is 5.47. The molecule has 0 aliphatic rings.